The monoisotopic (exact) mass is 298 g/mol. The Balaban J connectivity index is 3.24. The van der Waals surface area contributed by atoms with Crippen molar-refractivity contribution in [2.75, 3.05) is 0 Å². The van der Waals surface area contributed by atoms with Crippen LogP contribution in [0.1, 0.15) is 11.7 Å². The highest BCUT2D eigenvalue weighted by atomic mass is 79.9. The molecule has 0 saturated carbocycles. The van der Waals surface area contributed by atoms with E-state index in [4.69, 9.17) is 28.3 Å². The van der Waals surface area contributed by atoms with Gasteiger partial charge in [0.05, 0.1) is 10.0 Å². The van der Waals surface area contributed by atoms with Crippen molar-refractivity contribution in [1.29, 1.82) is 0 Å². The molecule has 0 aliphatic rings. The van der Waals surface area contributed by atoms with Crippen molar-refractivity contribution in [3.63, 3.8) is 0 Å². The molecule has 6 heteroatoms. The number of halogens is 3. The number of hydrogen-bond acceptors (Lipinski definition) is 2. The summed E-state index contributed by atoms with van der Waals surface area (Å²) in [4.78, 5) is 10.5. The average Bonchev–Trinajstić information content (AvgIpc) is 2.13. The van der Waals surface area contributed by atoms with E-state index in [-0.39, 0.29) is 10.6 Å². The van der Waals surface area contributed by atoms with E-state index in [0.717, 1.165) is 0 Å². The van der Waals surface area contributed by atoms with Gasteiger partial charge in [-0.05, 0) is 22.0 Å². The number of aliphatic carboxylic acids is 1. The number of carboxylic acid groups (broad SMARTS) is 1. The Kier molecular flexibility index (Phi) is 3.78. The van der Waals surface area contributed by atoms with Gasteiger partial charge in [0.2, 0.25) is 0 Å². The second kappa shape index (κ2) is 4.49. The molecule has 0 aliphatic heterocycles. The van der Waals surface area contributed by atoms with E-state index in [2.05, 4.69) is 15.9 Å². The molecule has 1 aromatic rings. The molecule has 0 aromatic heterocycles. The van der Waals surface area contributed by atoms with Gasteiger partial charge in [-0.15, -0.1) is 0 Å². The van der Waals surface area contributed by atoms with Crippen LogP contribution in [-0.2, 0) is 4.79 Å². The van der Waals surface area contributed by atoms with Crippen LogP contribution in [0.2, 0.25) is 10.0 Å². The van der Waals surface area contributed by atoms with Crippen LogP contribution < -0.4 is 0 Å². The zero-order valence-electron chi connectivity index (χ0n) is 6.67. The molecule has 0 heterocycles. The first kappa shape index (κ1) is 11.8. The van der Waals surface area contributed by atoms with Gasteiger partial charge in [-0.25, -0.2) is 4.79 Å². The van der Waals surface area contributed by atoms with Crippen molar-refractivity contribution >= 4 is 45.1 Å². The lowest BCUT2D eigenvalue weighted by atomic mass is 10.1. The summed E-state index contributed by atoms with van der Waals surface area (Å²) in [6.45, 7) is 0. The Hall–Kier alpha value is -0.290. The summed E-state index contributed by atoms with van der Waals surface area (Å²) in [6, 6.07) is 2.83. The Labute approximate surface area is 98.4 Å². The summed E-state index contributed by atoms with van der Waals surface area (Å²) in [7, 11) is 0. The standard InChI is InChI=1S/C8H5BrCl2O3/c9-5-3(7(12)8(13)14)1-2-4(10)6(5)11/h1-2,7,12H,(H,13,14). The summed E-state index contributed by atoms with van der Waals surface area (Å²) in [6.07, 6.45) is -1.61. The number of carbonyl (C=O) groups is 1. The van der Waals surface area contributed by atoms with Crippen LogP contribution in [0, 0.1) is 0 Å². The van der Waals surface area contributed by atoms with Crippen LogP contribution in [-0.4, -0.2) is 16.2 Å². The van der Waals surface area contributed by atoms with Crippen molar-refractivity contribution in [2.45, 2.75) is 6.10 Å². The third-order valence-corrected chi connectivity index (χ3v) is 3.48. The van der Waals surface area contributed by atoms with Crippen molar-refractivity contribution in [3.05, 3.63) is 32.2 Å². The van der Waals surface area contributed by atoms with Crippen molar-refractivity contribution in [3.8, 4) is 0 Å². The average molecular weight is 300 g/mol. The summed E-state index contributed by atoms with van der Waals surface area (Å²) >= 11 is 14.5. The minimum Gasteiger partial charge on any atom is -0.479 e. The van der Waals surface area contributed by atoms with Crippen LogP contribution in [0.4, 0.5) is 0 Å². The van der Waals surface area contributed by atoms with Crippen LogP contribution in [0.15, 0.2) is 16.6 Å². The molecular formula is C8H5BrCl2O3. The molecule has 0 saturated heterocycles. The normalized spacial score (nSPS) is 12.6. The first-order valence-electron chi connectivity index (χ1n) is 3.49. The maximum Gasteiger partial charge on any atom is 0.337 e. The predicted molar refractivity (Wildman–Crippen MR) is 56.8 cm³/mol. The lowest BCUT2D eigenvalue weighted by Gasteiger charge is -2.10. The van der Waals surface area contributed by atoms with Crippen molar-refractivity contribution in [1.82, 2.24) is 0 Å². The Morgan fingerprint density at radius 3 is 2.50 bits per heavy atom. The van der Waals surface area contributed by atoms with Crippen LogP contribution in [0.25, 0.3) is 0 Å². The molecule has 1 unspecified atom stereocenters. The maximum atomic E-state index is 10.5. The molecular weight excluding hydrogens is 295 g/mol. The van der Waals surface area contributed by atoms with E-state index in [1.54, 1.807) is 0 Å². The number of hydrogen-bond donors (Lipinski definition) is 2. The van der Waals surface area contributed by atoms with E-state index in [9.17, 15) is 9.90 Å². The number of benzene rings is 1. The molecule has 14 heavy (non-hydrogen) atoms. The molecule has 0 spiro atoms. The van der Waals surface area contributed by atoms with Crippen LogP contribution in [0.5, 0.6) is 0 Å². The first-order chi connectivity index (χ1) is 6.45. The van der Waals surface area contributed by atoms with Gasteiger partial charge < -0.3 is 10.2 Å². The number of aliphatic hydroxyl groups is 1. The fourth-order valence-electron chi connectivity index (χ4n) is 0.885. The van der Waals surface area contributed by atoms with Gasteiger partial charge in [-0.3, -0.25) is 0 Å². The van der Waals surface area contributed by atoms with E-state index < -0.39 is 12.1 Å². The summed E-state index contributed by atoms with van der Waals surface area (Å²) < 4.78 is 0.293. The van der Waals surface area contributed by atoms with E-state index in [0.29, 0.717) is 9.50 Å². The molecule has 0 fully saturated rings. The van der Waals surface area contributed by atoms with E-state index in [1.165, 1.54) is 12.1 Å². The lowest BCUT2D eigenvalue weighted by Crippen LogP contribution is -2.11. The third-order valence-electron chi connectivity index (χ3n) is 1.59. The zero-order chi connectivity index (χ0) is 10.9. The number of aliphatic hydroxyl groups excluding tert-OH is 1. The molecule has 0 radical (unpaired) electrons. The van der Waals surface area contributed by atoms with E-state index in [1.807, 2.05) is 0 Å². The van der Waals surface area contributed by atoms with Gasteiger partial charge in [0.15, 0.2) is 6.10 Å². The molecule has 1 atom stereocenters. The molecule has 0 amide bonds. The lowest BCUT2D eigenvalue weighted by molar-refractivity contribution is -0.147. The van der Waals surface area contributed by atoms with Gasteiger partial charge in [-0.2, -0.15) is 0 Å². The summed E-state index contributed by atoms with van der Waals surface area (Å²) in [5.74, 6) is -1.34. The van der Waals surface area contributed by atoms with Gasteiger partial charge >= 0.3 is 5.97 Å². The fraction of sp³-hybridized carbons (Fsp3) is 0.125. The summed E-state index contributed by atoms with van der Waals surface area (Å²) in [5, 5.41) is 18.3. The maximum absolute atomic E-state index is 10.5. The molecule has 1 aromatic carbocycles. The topological polar surface area (TPSA) is 57.5 Å². The fourth-order valence-corrected chi connectivity index (χ4v) is 1.89. The van der Waals surface area contributed by atoms with E-state index >= 15 is 0 Å². The Morgan fingerprint density at radius 2 is 2.00 bits per heavy atom. The zero-order valence-corrected chi connectivity index (χ0v) is 9.77. The molecule has 3 nitrogen and oxygen atoms in total. The first-order valence-corrected chi connectivity index (χ1v) is 5.04. The van der Waals surface area contributed by atoms with Gasteiger partial charge in [-0.1, -0.05) is 29.3 Å². The molecule has 0 aliphatic carbocycles. The van der Waals surface area contributed by atoms with Gasteiger partial charge in [0.25, 0.3) is 0 Å². The smallest absolute Gasteiger partial charge is 0.337 e. The van der Waals surface area contributed by atoms with Crippen molar-refractivity contribution in [2.24, 2.45) is 0 Å². The van der Waals surface area contributed by atoms with Gasteiger partial charge in [0, 0.05) is 10.0 Å². The quantitative estimate of drug-likeness (QED) is 0.826. The number of rotatable bonds is 2. The SMILES string of the molecule is O=C(O)C(O)c1ccc(Cl)c(Cl)c1Br. The molecule has 1 rings (SSSR count). The molecule has 0 bridgehead atoms. The Morgan fingerprint density at radius 1 is 1.43 bits per heavy atom. The second-order valence-electron chi connectivity index (χ2n) is 2.51. The largest absolute Gasteiger partial charge is 0.479 e. The van der Waals surface area contributed by atoms with Crippen LogP contribution in [0.3, 0.4) is 0 Å². The molecule has 2 N–H and O–H groups in total. The third kappa shape index (κ3) is 2.20. The second-order valence-corrected chi connectivity index (χ2v) is 4.08. The highest BCUT2D eigenvalue weighted by Crippen LogP contribution is 2.35. The minimum atomic E-state index is -1.61. The van der Waals surface area contributed by atoms with Gasteiger partial charge in [0.1, 0.15) is 0 Å². The van der Waals surface area contributed by atoms with Crippen molar-refractivity contribution < 1.29 is 15.0 Å². The molecule has 76 valence electrons. The minimum absolute atomic E-state index is 0.173. The number of carboxylic acids is 1. The van der Waals surface area contributed by atoms with Crippen LogP contribution >= 0.6 is 39.1 Å². The highest BCUT2D eigenvalue weighted by molar-refractivity contribution is 9.10. The highest BCUT2D eigenvalue weighted by Gasteiger charge is 2.20. The Bertz CT molecular complexity index is 381. The predicted octanol–water partition coefficient (Wildman–Crippen LogP) is 2.87. The summed E-state index contributed by atoms with van der Waals surface area (Å²) in [5.41, 5.74) is 0.173.